The summed E-state index contributed by atoms with van der Waals surface area (Å²) in [5.74, 6) is -2.01. The molecule has 1 rings (SSSR count). The fraction of sp³-hybridized carbons (Fsp3) is 0.400. The van der Waals surface area contributed by atoms with Crippen LogP contribution in [0.15, 0.2) is 24.8 Å². The Bertz CT molecular complexity index is 458. The summed E-state index contributed by atoms with van der Waals surface area (Å²) in [7, 11) is 0. The molecule has 0 saturated heterocycles. The third-order valence-electron chi connectivity index (χ3n) is 3.06. The van der Waals surface area contributed by atoms with Crippen LogP contribution in [0.4, 0.5) is 0 Å². The third-order valence-corrected chi connectivity index (χ3v) is 3.06. The van der Waals surface area contributed by atoms with Crippen LogP contribution < -0.4 is 0 Å². The number of rotatable bonds is 7. The molecule has 0 radical (unpaired) electrons. The average Bonchev–Trinajstić information content (AvgIpc) is 2.44. The van der Waals surface area contributed by atoms with Crippen LogP contribution in [-0.2, 0) is 9.53 Å². The van der Waals surface area contributed by atoms with Gasteiger partial charge < -0.3 is 20.1 Å². The van der Waals surface area contributed by atoms with Crippen molar-refractivity contribution in [1.82, 2.24) is 0 Å². The summed E-state index contributed by atoms with van der Waals surface area (Å²) < 4.78 is 5.03. The summed E-state index contributed by atoms with van der Waals surface area (Å²) in [4.78, 5) is 11.1. The molecule has 1 atom stereocenters. The number of benzene rings is 1. The van der Waals surface area contributed by atoms with E-state index in [4.69, 9.17) is 4.74 Å². The van der Waals surface area contributed by atoms with Crippen molar-refractivity contribution in [3.63, 3.8) is 0 Å². The van der Waals surface area contributed by atoms with Crippen LogP contribution in [0.3, 0.4) is 0 Å². The molecule has 0 amide bonds. The SMILES string of the molecule is C=CC(=O)OCC(CCCC)c1cc(O)c(O)c(O)c1. The second-order valence-electron chi connectivity index (χ2n) is 4.58. The number of unbranched alkanes of at least 4 members (excludes halogenated alkanes) is 1. The number of esters is 1. The quantitative estimate of drug-likeness (QED) is 0.406. The minimum absolute atomic E-state index is 0.133. The number of hydrogen-bond donors (Lipinski definition) is 3. The lowest BCUT2D eigenvalue weighted by Crippen LogP contribution is -2.11. The van der Waals surface area contributed by atoms with Crippen molar-refractivity contribution in [2.75, 3.05) is 6.61 Å². The van der Waals surface area contributed by atoms with Crippen molar-refractivity contribution in [3.8, 4) is 17.2 Å². The van der Waals surface area contributed by atoms with Crippen LogP contribution in [-0.4, -0.2) is 27.9 Å². The van der Waals surface area contributed by atoms with E-state index >= 15 is 0 Å². The van der Waals surface area contributed by atoms with Crippen LogP contribution in [0, 0.1) is 0 Å². The molecule has 0 aliphatic rings. The highest BCUT2D eigenvalue weighted by Gasteiger charge is 2.17. The zero-order valence-corrected chi connectivity index (χ0v) is 11.5. The minimum atomic E-state index is -0.550. The Hall–Kier alpha value is -2.17. The van der Waals surface area contributed by atoms with Gasteiger partial charge in [-0.25, -0.2) is 4.79 Å². The molecular weight excluding hydrogens is 260 g/mol. The van der Waals surface area contributed by atoms with Gasteiger partial charge in [-0.15, -0.1) is 0 Å². The molecule has 1 aromatic carbocycles. The highest BCUT2D eigenvalue weighted by molar-refractivity contribution is 5.81. The van der Waals surface area contributed by atoms with E-state index in [9.17, 15) is 20.1 Å². The van der Waals surface area contributed by atoms with Crippen LogP contribution in [0.2, 0.25) is 0 Å². The van der Waals surface area contributed by atoms with Crippen LogP contribution in [0.5, 0.6) is 17.2 Å². The largest absolute Gasteiger partial charge is 0.504 e. The monoisotopic (exact) mass is 280 g/mol. The normalized spacial score (nSPS) is 11.8. The first kappa shape index (κ1) is 15.9. The maximum absolute atomic E-state index is 11.1. The predicted octanol–water partition coefficient (Wildman–Crippen LogP) is 2.81. The smallest absolute Gasteiger partial charge is 0.330 e. The fourth-order valence-corrected chi connectivity index (χ4v) is 1.90. The first-order chi connectivity index (χ1) is 9.49. The van der Waals surface area contributed by atoms with E-state index in [1.54, 1.807) is 0 Å². The average molecular weight is 280 g/mol. The van der Waals surface area contributed by atoms with E-state index in [-0.39, 0.29) is 12.5 Å². The summed E-state index contributed by atoms with van der Waals surface area (Å²) in [6.07, 6.45) is 3.72. The molecule has 0 aliphatic heterocycles. The Kier molecular flexibility index (Phi) is 5.90. The van der Waals surface area contributed by atoms with Crippen molar-refractivity contribution in [2.24, 2.45) is 0 Å². The van der Waals surface area contributed by atoms with E-state index in [0.717, 1.165) is 25.3 Å². The number of hydrogen-bond acceptors (Lipinski definition) is 5. The van der Waals surface area contributed by atoms with Crippen LogP contribution in [0.1, 0.15) is 37.7 Å². The Balaban J connectivity index is 2.91. The van der Waals surface area contributed by atoms with Gasteiger partial charge in [0.1, 0.15) is 0 Å². The van der Waals surface area contributed by atoms with E-state index in [0.29, 0.717) is 5.56 Å². The topological polar surface area (TPSA) is 87.0 Å². The maximum atomic E-state index is 11.1. The molecule has 0 fully saturated rings. The van der Waals surface area contributed by atoms with Crippen molar-refractivity contribution in [3.05, 3.63) is 30.4 Å². The lowest BCUT2D eigenvalue weighted by Gasteiger charge is -2.18. The molecule has 0 saturated carbocycles. The third kappa shape index (κ3) is 4.19. The summed E-state index contributed by atoms with van der Waals surface area (Å²) in [6.45, 7) is 5.50. The Labute approximate surface area is 118 Å². The minimum Gasteiger partial charge on any atom is -0.504 e. The van der Waals surface area contributed by atoms with Crippen molar-refractivity contribution in [1.29, 1.82) is 0 Å². The van der Waals surface area contributed by atoms with E-state index in [1.807, 2.05) is 6.92 Å². The predicted molar refractivity (Wildman–Crippen MR) is 74.9 cm³/mol. The molecule has 0 bridgehead atoms. The van der Waals surface area contributed by atoms with Gasteiger partial charge in [0.15, 0.2) is 17.2 Å². The number of carbonyl (C=O) groups excluding carboxylic acids is 1. The molecule has 3 N–H and O–H groups in total. The van der Waals surface area contributed by atoms with Gasteiger partial charge in [-0.3, -0.25) is 0 Å². The first-order valence-electron chi connectivity index (χ1n) is 6.53. The number of aromatic hydroxyl groups is 3. The highest BCUT2D eigenvalue weighted by atomic mass is 16.5. The van der Waals surface area contributed by atoms with Gasteiger partial charge in [-0.1, -0.05) is 26.3 Å². The molecule has 20 heavy (non-hydrogen) atoms. The molecule has 0 spiro atoms. The molecular formula is C15H20O5. The zero-order valence-electron chi connectivity index (χ0n) is 11.5. The number of phenolic OH excluding ortho intramolecular Hbond substituents is 3. The second kappa shape index (κ2) is 7.43. The molecule has 1 unspecified atom stereocenters. The standard InChI is InChI=1S/C15H20O5/c1-3-5-6-10(9-20-14(18)4-2)11-7-12(16)15(19)13(17)8-11/h4,7-8,10,16-17,19H,2-3,5-6,9H2,1H3. The highest BCUT2D eigenvalue weighted by Crippen LogP contribution is 2.38. The van der Waals surface area contributed by atoms with Gasteiger partial charge in [0.2, 0.25) is 0 Å². The van der Waals surface area contributed by atoms with Gasteiger partial charge >= 0.3 is 5.97 Å². The van der Waals surface area contributed by atoms with Crippen LogP contribution in [0.25, 0.3) is 0 Å². The Morgan fingerprint density at radius 1 is 1.35 bits per heavy atom. The molecule has 5 heteroatoms. The lowest BCUT2D eigenvalue weighted by molar-refractivity contribution is -0.138. The first-order valence-corrected chi connectivity index (χ1v) is 6.53. The van der Waals surface area contributed by atoms with Crippen LogP contribution >= 0.6 is 0 Å². The van der Waals surface area contributed by atoms with Gasteiger partial charge in [0.05, 0.1) is 6.61 Å². The number of carbonyl (C=O) groups is 1. The molecule has 1 aromatic rings. The van der Waals surface area contributed by atoms with Gasteiger partial charge in [0.25, 0.3) is 0 Å². The van der Waals surface area contributed by atoms with Gasteiger partial charge in [-0.05, 0) is 24.1 Å². The molecule has 0 heterocycles. The Morgan fingerprint density at radius 3 is 2.45 bits per heavy atom. The number of phenols is 3. The molecule has 0 aliphatic carbocycles. The zero-order chi connectivity index (χ0) is 15.1. The lowest BCUT2D eigenvalue weighted by atomic mass is 9.93. The Morgan fingerprint density at radius 2 is 1.95 bits per heavy atom. The molecule has 0 aromatic heterocycles. The summed E-state index contributed by atoms with van der Waals surface area (Å²) in [5, 5.41) is 28.4. The van der Waals surface area contributed by atoms with E-state index in [2.05, 4.69) is 6.58 Å². The second-order valence-corrected chi connectivity index (χ2v) is 4.58. The molecule has 5 nitrogen and oxygen atoms in total. The van der Waals surface area contributed by atoms with Crippen molar-refractivity contribution in [2.45, 2.75) is 32.1 Å². The van der Waals surface area contributed by atoms with Gasteiger partial charge in [0, 0.05) is 12.0 Å². The van der Waals surface area contributed by atoms with Crippen molar-refractivity contribution < 1.29 is 24.9 Å². The van der Waals surface area contributed by atoms with Gasteiger partial charge in [-0.2, -0.15) is 0 Å². The summed E-state index contributed by atoms with van der Waals surface area (Å²) in [6, 6.07) is 2.74. The number of ether oxygens (including phenoxy) is 1. The molecule has 110 valence electrons. The summed E-state index contributed by atoms with van der Waals surface area (Å²) in [5.41, 5.74) is 0.614. The maximum Gasteiger partial charge on any atom is 0.330 e. The van der Waals surface area contributed by atoms with E-state index in [1.165, 1.54) is 12.1 Å². The fourth-order valence-electron chi connectivity index (χ4n) is 1.90. The van der Waals surface area contributed by atoms with Crippen molar-refractivity contribution >= 4 is 5.97 Å². The van der Waals surface area contributed by atoms with E-state index < -0.39 is 23.2 Å². The summed E-state index contributed by atoms with van der Waals surface area (Å²) >= 11 is 0.